The lowest BCUT2D eigenvalue weighted by molar-refractivity contribution is -0.141. The van der Waals surface area contributed by atoms with Crippen LogP contribution in [-0.2, 0) is 4.79 Å². The van der Waals surface area contributed by atoms with Gasteiger partial charge < -0.3 is 10.4 Å². The predicted molar refractivity (Wildman–Crippen MR) is 84.5 cm³/mol. The van der Waals surface area contributed by atoms with Crippen LogP contribution in [0.5, 0.6) is 0 Å². The normalized spacial score (nSPS) is 19.4. The Kier molecular flexibility index (Phi) is 5.24. The van der Waals surface area contributed by atoms with Gasteiger partial charge in [-0.2, -0.15) is 11.8 Å². The first-order valence-electron chi connectivity index (χ1n) is 6.48. The molecular formula is C14H17Cl2NO2S. The zero-order valence-electron chi connectivity index (χ0n) is 11.2. The van der Waals surface area contributed by atoms with Gasteiger partial charge in [-0.1, -0.05) is 29.3 Å². The van der Waals surface area contributed by atoms with Crippen molar-refractivity contribution < 1.29 is 9.90 Å². The van der Waals surface area contributed by atoms with Crippen LogP contribution in [0.4, 0.5) is 0 Å². The molecule has 110 valence electrons. The molecule has 1 saturated heterocycles. The standard InChI is InChI=1S/C14H17Cl2NO2S/c1-9(11-3-2-10(15)8-12(11)16)17-13(18)14(19)4-6-20-7-5-14/h2-3,8-9,19H,4-7H2,1H3,(H,17,18). The van der Waals surface area contributed by atoms with Gasteiger partial charge in [-0.05, 0) is 49.0 Å². The molecule has 0 spiro atoms. The summed E-state index contributed by atoms with van der Waals surface area (Å²) in [6.07, 6.45) is 0.981. The van der Waals surface area contributed by atoms with Crippen molar-refractivity contribution in [2.75, 3.05) is 11.5 Å². The molecular weight excluding hydrogens is 317 g/mol. The summed E-state index contributed by atoms with van der Waals surface area (Å²) >= 11 is 13.7. The smallest absolute Gasteiger partial charge is 0.252 e. The number of amides is 1. The molecule has 1 aliphatic rings. The zero-order chi connectivity index (χ0) is 14.8. The van der Waals surface area contributed by atoms with Gasteiger partial charge in [-0.15, -0.1) is 0 Å². The van der Waals surface area contributed by atoms with Gasteiger partial charge in [-0.3, -0.25) is 4.79 Å². The maximum atomic E-state index is 12.2. The Morgan fingerprint density at radius 1 is 1.40 bits per heavy atom. The largest absolute Gasteiger partial charge is 0.380 e. The average molecular weight is 334 g/mol. The van der Waals surface area contributed by atoms with E-state index in [1.54, 1.807) is 30.0 Å². The molecule has 0 aliphatic carbocycles. The van der Waals surface area contributed by atoms with Gasteiger partial charge in [-0.25, -0.2) is 0 Å². The first kappa shape index (κ1) is 16.0. The summed E-state index contributed by atoms with van der Waals surface area (Å²) < 4.78 is 0. The van der Waals surface area contributed by atoms with E-state index in [9.17, 15) is 9.90 Å². The third-order valence-corrected chi connectivity index (χ3v) is 5.07. The van der Waals surface area contributed by atoms with Gasteiger partial charge >= 0.3 is 0 Å². The Morgan fingerprint density at radius 3 is 2.65 bits per heavy atom. The molecule has 6 heteroatoms. The van der Waals surface area contributed by atoms with Crippen LogP contribution in [0.25, 0.3) is 0 Å². The van der Waals surface area contributed by atoms with E-state index in [0.717, 1.165) is 17.1 Å². The molecule has 2 N–H and O–H groups in total. The average Bonchev–Trinajstić information content (AvgIpc) is 2.39. The first-order valence-corrected chi connectivity index (χ1v) is 8.39. The highest BCUT2D eigenvalue weighted by molar-refractivity contribution is 7.99. The molecule has 2 rings (SSSR count). The zero-order valence-corrected chi connectivity index (χ0v) is 13.5. The van der Waals surface area contributed by atoms with Crippen molar-refractivity contribution >= 4 is 40.9 Å². The van der Waals surface area contributed by atoms with Gasteiger partial charge in [0.1, 0.15) is 5.60 Å². The third-order valence-electron chi connectivity index (χ3n) is 3.52. The molecule has 1 aliphatic heterocycles. The van der Waals surface area contributed by atoms with E-state index in [-0.39, 0.29) is 11.9 Å². The van der Waals surface area contributed by atoms with E-state index < -0.39 is 5.60 Å². The minimum atomic E-state index is -1.25. The summed E-state index contributed by atoms with van der Waals surface area (Å²) in [6, 6.07) is 4.90. The second-order valence-electron chi connectivity index (χ2n) is 5.00. The fourth-order valence-electron chi connectivity index (χ4n) is 2.20. The lowest BCUT2D eigenvalue weighted by Crippen LogP contribution is -2.49. The van der Waals surface area contributed by atoms with E-state index in [1.807, 2.05) is 6.92 Å². The van der Waals surface area contributed by atoms with E-state index in [0.29, 0.717) is 22.9 Å². The van der Waals surface area contributed by atoms with Crippen molar-refractivity contribution in [2.45, 2.75) is 31.4 Å². The molecule has 1 aromatic carbocycles. The van der Waals surface area contributed by atoms with E-state index >= 15 is 0 Å². The molecule has 0 radical (unpaired) electrons. The number of aliphatic hydroxyl groups is 1. The van der Waals surface area contributed by atoms with Crippen molar-refractivity contribution in [3.63, 3.8) is 0 Å². The Balaban J connectivity index is 2.07. The molecule has 0 saturated carbocycles. The number of rotatable bonds is 3. The van der Waals surface area contributed by atoms with Gasteiger partial charge in [0.25, 0.3) is 5.91 Å². The summed E-state index contributed by atoms with van der Waals surface area (Å²) in [6.45, 7) is 1.84. The fourth-order valence-corrected chi connectivity index (χ4v) is 3.94. The van der Waals surface area contributed by atoms with Crippen molar-refractivity contribution in [1.82, 2.24) is 5.32 Å². The van der Waals surface area contributed by atoms with Crippen molar-refractivity contribution in [2.24, 2.45) is 0 Å². The lowest BCUT2D eigenvalue weighted by atomic mass is 9.95. The Hall–Kier alpha value is -0.420. The van der Waals surface area contributed by atoms with Crippen LogP contribution < -0.4 is 5.32 Å². The van der Waals surface area contributed by atoms with Crippen molar-refractivity contribution in [3.8, 4) is 0 Å². The van der Waals surface area contributed by atoms with E-state index in [2.05, 4.69) is 5.32 Å². The molecule has 3 nitrogen and oxygen atoms in total. The fraction of sp³-hybridized carbons (Fsp3) is 0.500. The van der Waals surface area contributed by atoms with E-state index in [4.69, 9.17) is 23.2 Å². The molecule has 1 fully saturated rings. The quantitative estimate of drug-likeness (QED) is 0.890. The second kappa shape index (κ2) is 6.56. The lowest BCUT2D eigenvalue weighted by Gasteiger charge is -2.31. The molecule has 1 amide bonds. The molecule has 1 unspecified atom stereocenters. The van der Waals surface area contributed by atoms with Crippen LogP contribution in [0.1, 0.15) is 31.4 Å². The number of halogens is 2. The molecule has 1 aromatic rings. The Labute approximate surface area is 133 Å². The molecule has 0 bridgehead atoms. The van der Waals surface area contributed by atoms with E-state index in [1.165, 1.54) is 0 Å². The van der Waals surface area contributed by atoms with Gasteiger partial charge in [0, 0.05) is 10.0 Å². The van der Waals surface area contributed by atoms with Gasteiger partial charge in [0.2, 0.25) is 0 Å². The number of hydrogen-bond acceptors (Lipinski definition) is 3. The molecule has 1 atom stereocenters. The SMILES string of the molecule is CC(NC(=O)C1(O)CCSCC1)c1ccc(Cl)cc1Cl. The maximum absolute atomic E-state index is 12.2. The number of nitrogens with one attached hydrogen (secondary N) is 1. The summed E-state index contributed by atoms with van der Waals surface area (Å²) in [4.78, 5) is 12.2. The second-order valence-corrected chi connectivity index (χ2v) is 7.07. The number of thioether (sulfide) groups is 1. The van der Waals surface area contributed by atoms with Crippen LogP contribution in [0.15, 0.2) is 18.2 Å². The van der Waals surface area contributed by atoms with Gasteiger partial charge in [0.05, 0.1) is 6.04 Å². The maximum Gasteiger partial charge on any atom is 0.252 e. The van der Waals surface area contributed by atoms with Crippen molar-refractivity contribution in [1.29, 1.82) is 0 Å². The minimum absolute atomic E-state index is 0.272. The van der Waals surface area contributed by atoms with Crippen LogP contribution in [-0.4, -0.2) is 28.1 Å². The monoisotopic (exact) mass is 333 g/mol. The first-order chi connectivity index (χ1) is 9.42. The summed E-state index contributed by atoms with van der Waals surface area (Å²) in [5, 5.41) is 14.3. The molecule has 0 aromatic heterocycles. The van der Waals surface area contributed by atoms with Crippen LogP contribution >= 0.6 is 35.0 Å². The van der Waals surface area contributed by atoms with Crippen LogP contribution in [0.3, 0.4) is 0 Å². The molecule has 1 heterocycles. The highest BCUT2D eigenvalue weighted by Crippen LogP contribution is 2.30. The highest BCUT2D eigenvalue weighted by Gasteiger charge is 2.38. The predicted octanol–water partition coefficient (Wildman–Crippen LogP) is 3.43. The van der Waals surface area contributed by atoms with Crippen molar-refractivity contribution in [3.05, 3.63) is 33.8 Å². The number of benzene rings is 1. The van der Waals surface area contributed by atoms with Gasteiger partial charge in [0.15, 0.2) is 0 Å². The Bertz CT molecular complexity index is 504. The minimum Gasteiger partial charge on any atom is -0.380 e. The number of hydrogen-bond donors (Lipinski definition) is 2. The molecule has 20 heavy (non-hydrogen) atoms. The third kappa shape index (κ3) is 3.61. The summed E-state index contributed by atoms with van der Waals surface area (Å²) in [5.41, 5.74) is -0.462. The summed E-state index contributed by atoms with van der Waals surface area (Å²) in [7, 11) is 0. The van der Waals surface area contributed by atoms with Crippen LogP contribution in [0, 0.1) is 0 Å². The number of carbonyl (C=O) groups is 1. The highest BCUT2D eigenvalue weighted by atomic mass is 35.5. The summed E-state index contributed by atoms with van der Waals surface area (Å²) in [5.74, 6) is 1.29. The number of carbonyl (C=O) groups excluding carboxylic acids is 1. The van der Waals surface area contributed by atoms with Crippen LogP contribution in [0.2, 0.25) is 10.0 Å². The topological polar surface area (TPSA) is 49.3 Å². The Morgan fingerprint density at radius 2 is 2.05 bits per heavy atom.